The maximum atomic E-state index is 11.1. The first kappa shape index (κ1) is 12.1. The van der Waals surface area contributed by atoms with Crippen LogP contribution < -0.4 is 5.73 Å². The number of carbonyl (C=O) groups excluding carboxylic acids is 1. The zero-order valence-corrected chi connectivity index (χ0v) is 7.99. The Labute approximate surface area is 78.7 Å². The van der Waals surface area contributed by atoms with Crippen molar-refractivity contribution in [3.05, 3.63) is 12.7 Å². The van der Waals surface area contributed by atoms with E-state index in [1.807, 2.05) is 0 Å². The lowest BCUT2D eigenvalue weighted by molar-refractivity contribution is -0.145. The Morgan fingerprint density at radius 3 is 2.85 bits per heavy atom. The van der Waals surface area contributed by atoms with Gasteiger partial charge in [0, 0.05) is 20.1 Å². The van der Waals surface area contributed by atoms with Crippen LogP contribution in [0.25, 0.3) is 0 Å². The van der Waals surface area contributed by atoms with Crippen molar-refractivity contribution >= 4 is 5.97 Å². The Morgan fingerprint density at radius 2 is 2.31 bits per heavy atom. The second-order valence-corrected chi connectivity index (χ2v) is 2.64. The van der Waals surface area contributed by atoms with Crippen LogP contribution in [-0.4, -0.2) is 32.3 Å². The molecule has 0 aromatic heterocycles. The van der Waals surface area contributed by atoms with Crippen molar-refractivity contribution in [3.8, 4) is 0 Å². The van der Waals surface area contributed by atoms with E-state index in [-0.39, 0.29) is 5.97 Å². The average molecular weight is 187 g/mol. The minimum atomic E-state index is -0.583. The number of rotatable bonds is 7. The molecular weight excluding hydrogens is 170 g/mol. The summed E-state index contributed by atoms with van der Waals surface area (Å²) < 4.78 is 9.66. The van der Waals surface area contributed by atoms with Gasteiger partial charge in [0.25, 0.3) is 0 Å². The van der Waals surface area contributed by atoms with E-state index in [2.05, 4.69) is 6.58 Å². The molecule has 1 atom stereocenters. The van der Waals surface area contributed by atoms with Gasteiger partial charge >= 0.3 is 5.97 Å². The van der Waals surface area contributed by atoms with Gasteiger partial charge in [0.2, 0.25) is 0 Å². The van der Waals surface area contributed by atoms with Crippen molar-refractivity contribution in [2.24, 2.45) is 5.73 Å². The highest BCUT2D eigenvalue weighted by molar-refractivity contribution is 5.75. The standard InChI is InChI=1S/C9H17NO3/c1-3-5-8(10)9(11)13-7-4-6-12-2/h3,8H,1,4-7,10H2,2H3. The van der Waals surface area contributed by atoms with Crippen LogP contribution >= 0.6 is 0 Å². The highest BCUT2D eigenvalue weighted by Gasteiger charge is 2.12. The lowest BCUT2D eigenvalue weighted by Crippen LogP contribution is -2.31. The first-order valence-corrected chi connectivity index (χ1v) is 4.24. The van der Waals surface area contributed by atoms with Crippen LogP contribution in [0.2, 0.25) is 0 Å². The highest BCUT2D eigenvalue weighted by Crippen LogP contribution is 1.93. The Morgan fingerprint density at radius 1 is 1.62 bits per heavy atom. The molecular formula is C9H17NO3. The fraction of sp³-hybridized carbons (Fsp3) is 0.667. The SMILES string of the molecule is C=CCC(N)C(=O)OCCCOC. The fourth-order valence-electron chi connectivity index (χ4n) is 0.759. The third-order valence-corrected chi connectivity index (χ3v) is 1.46. The van der Waals surface area contributed by atoms with Crippen molar-refractivity contribution < 1.29 is 14.3 Å². The summed E-state index contributed by atoms with van der Waals surface area (Å²) in [6.45, 7) is 4.43. The molecule has 2 N–H and O–H groups in total. The third-order valence-electron chi connectivity index (χ3n) is 1.46. The van der Waals surface area contributed by atoms with E-state index in [1.54, 1.807) is 13.2 Å². The molecule has 4 heteroatoms. The minimum Gasteiger partial charge on any atom is -0.464 e. The van der Waals surface area contributed by atoms with Gasteiger partial charge in [-0.05, 0) is 6.42 Å². The van der Waals surface area contributed by atoms with Crippen LogP contribution in [0.15, 0.2) is 12.7 Å². The summed E-state index contributed by atoms with van der Waals surface area (Å²) in [4.78, 5) is 11.1. The molecule has 4 nitrogen and oxygen atoms in total. The van der Waals surface area contributed by atoms with Crippen LogP contribution in [0.5, 0.6) is 0 Å². The Balaban J connectivity index is 3.44. The lowest BCUT2D eigenvalue weighted by atomic mass is 10.2. The molecule has 0 rings (SSSR count). The van der Waals surface area contributed by atoms with Gasteiger partial charge in [-0.3, -0.25) is 4.79 Å². The summed E-state index contributed by atoms with van der Waals surface area (Å²) in [5.41, 5.74) is 5.47. The quantitative estimate of drug-likeness (QED) is 0.357. The molecule has 0 radical (unpaired) electrons. The van der Waals surface area contributed by atoms with Crippen molar-refractivity contribution in [1.82, 2.24) is 0 Å². The van der Waals surface area contributed by atoms with Crippen LogP contribution in [0.3, 0.4) is 0 Å². The summed E-state index contributed by atoms with van der Waals surface area (Å²) in [5.74, 6) is -0.379. The molecule has 0 aliphatic carbocycles. The summed E-state index contributed by atoms with van der Waals surface area (Å²) >= 11 is 0. The van der Waals surface area contributed by atoms with E-state index in [0.29, 0.717) is 26.1 Å². The maximum absolute atomic E-state index is 11.1. The molecule has 13 heavy (non-hydrogen) atoms. The molecule has 0 aliphatic heterocycles. The zero-order chi connectivity index (χ0) is 10.1. The largest absolute Gasteiger partial charge is 0.464 e. The molecule has 0 bridgehead atoms. The van der Waals surface area contributed by atoms with Crippen LogP contribution in [0.1, 0.15) is 12.8 Å². The van der Waals surface area contributed by atoms with Gasteiger partial charge in [-0.25, -0.2) is 0 Å². The summed E-state index contributed by atoms with van der Waals surface area (Å²) in [6.07, 6.45) is 2.74. The van der Waals surface area contributed by atoms with E-state index in [1.165, 1.54) is 0 Å². The molecule has 76 valence electrons. The van der Waals surface area contributed by atoms with Gasteiger partial charge in [-0.1, -0.05) is 6.08 Å². The molecule has 0 amide bonds. The molecule has 0 aromatic carbocycles. The van der Waals surface area contributed by atoms with Gasteiger partial charge in [-0.15, -0.1) is 6.58 Å². The molecule has 0 fully saturated rings. The van der Waals surface area contributed by atoms with E-state index >= 15 is 0 Å². The predicted molar refractivity (Wildman–Crippen MR) is 50.2 cm³/mol. The molecule has 0 heterocycles. The third kappa shape index (κ3) is 6.31. The number of methoxy groups -OCH3 is 1. The van der Waals surface area contributed by atoms with Gasteiger partial charge in [0.05, 0.1) is 6.61 Å². The number of esters is 1. The van der Waals surface area contributed by atoms with Crippen LogP contribution in [-0.2, 0) is 14.3 Å². The van der Waals surface area contributed by atoms with E-state index in [4.69, 9.17) is 15.2 Å². The number of hydrogen-bond acceptors (Lipinski definition) is 4. The summed E-state index contributed by atoms with van der Waals surface area (Å²) in [5, 5.41) is 0. The van der Waals surface area contributed by atoms with Crippen molar-refractivity contribution in [1.29, 1.82) is 0 Å². The normalized spacial score (nSPS) is 12.2. The van der Waals surface area contributed by atoms with Crippen LogP contribution in [0, 0.1) is 0 Å². The Kier molecular flexibility index (Phi) is 7.24. The maximum Gasteiger partial charge on any atom is 0.323 e. The molecule has 0 spiro atoms. The molecule has 0 aromatic rings. The van der Waals surface area contributed by atoms with E-state index in [9.17, 15) is 4.79 Å². The minimum absolute atomic E-state index is 0.359. The molecule has 0 aliphatic rings. The Hall–Kier alpha value is -0.870. The van der Waals surface area contributed by atoms with Crippen molar-refractivity contribution in [2.45, 2.75) is 18.9 Å². The summed E-state index contributed by atoms with van der Waals surface area (Å²) in [6, 6.07) is -0.583. The first-order valence-electron chi connectivity index (χ1n) is 4.24. The van der Waals surface area contributed by atoms with E-state index in [0.717, 1.165) is 0 Å². The second-order valence-electron chi connectivity index (χ2n) is 2.64. The predicted octanol–water partition coefficient (Wildman–Crippen LogP) is 0.469. The number of hydrogen-bond donors (Lipinski definition) is 1. The average Bonchev–Trinajstić information content (AvgIpc) is 2.12. The Bertz CT molecular complexity index is 159. The first-order chi connectivity index (χ1) is 6.22. The smallest absolute Gasteiger partial charge is 0.323 e. The number of carbonyl (C=O) groups is 1. The monoisotopic (exact) mass is 187 g/mol. The highest BCUT2D eigenvalue weighted by atomic mass is 16.5. The van der Waals surface area contributed by atoms with Crippen LogP contribution in [0.4, 0.5) is 0 Å². The summed E-state index contributed by atoms with van der Waals surface area (Å²) in [7, 11) is 1.60. The molecule has 0 saturated carbocycles. The lowest BCUT2D eigenvalue weighted by Gasteiger charge is -2.08. The van der Waals surface area contributed by atoms with Gasteiger partial charge in [0.1, 0.15) is 6.04 Å². The number of nitrogens with two attached hydrogens (primary N) is 1. The van der Waals surface area contributed by atoms with Crippen molar-refractivity contribution in [3.63, 3.8) is 0 Å². The van der Waals surface area contributed by atoms with Crippen molar-refractivity contribution in [2.75, 3.05) is 20.3 Å². The molecule has 0 saturated heterocycles. The van der Waals surface area contributed by atoms with Gasteiger partial charge in [0.15, 0.2) is 0 Å². The topological polar surface area (TPSA) is 61.6 Å². The fourth-order valence-corrected chi connectivity index (χ4v) is 0.759. The second kappa shape index (κ2) is 7.76. The van der Waals surface area contributed by atoms with E-state index < -0.39 is 6.04 Å². The number of ether oxygens (including phenoxy) is 2. The molecule has 1 unspecified atom stereocenters. The zero-order valence-electron chi connectivity index (χ0n) is 7.99. The van der Waals surface area contributed by atoms with Gasteiger partial charge < -0.3 is 15.2 Å². The van der Waals surface area contributed by atoms with Gasteiger partial charge in [-0.2, -0.15) is 0 Å².